The average Bonchev–Trinajstić information content (AvgIpc) is 2.82. The topological polar surface area (TPSA) is 191 Å². The Morgan fingerprint density at radius 3 is 1.88 bits per heavy atom. The Kier molecular flexibility index (Phi) is 3.76. The van der Waals surface area contributed by atoms with E-state index >= 15 is 0 Å². The molecule has 2 aromatic heterocycles. The van der Waals surface area contributed by atoms with Crippen molar-refractivity contribution >= 4 is 31.8 Å². The van der Waals surface area contributed by atoms with Crippen LogP contribution in [0.15, 0.2) is 44.7 Å². The van der Waals surface area contributed by atoms with Crippen molar-refractivity contribution in [3.63, 3.8) is 0 Å². The molecule has 0 aliphatic rings. The van der Waals surface area contributed by atoms with Crippen LogP contribution in [0.1, 0.15) is 0 Å². The van der Waals surface area contributed by atoms with Gasteiger partial charge in [-0.3, -0.25) is 23.5 Å². The van der Waals surface area contributed by atoms with Crippen molar-refractivity contribution in [2.45, 2.75) is 0 Å². The van der Waals surface area contributed by atoms with E-state index in [1.807, 2.05) is 4.98 Å². The minimum absolute atomic E-state index is 0.0169. The number of benzene rings is 1. The third-order valence-electron chi connectivity index (χ3n) is 3.29. The Morgan fingerprint density at radius 2 is 1.38 bits per heavy atom. The predicted molar refractivity (Wildman–Crippen MR) is 86.3 cm³/mol. The first-order valence-electron chi connectivity index (χ1n) is 6.49. The van der Waals surface area contributed by atoms with Gasteiger partial charge in [0.15, 0.2) is 11.2 Å². The van der Waals surface area contributed by atoms with Crippen LogP contribution in [0.3, 0.4) is 0 Å². The molecule has 0 aliphatic carbocycles. The van der Waals surface area contributed by atoms with Crippen molar-refractivity contribution < 1.29 is 25.9 Å². The maximum atomic E-state index is 12.4. The van der Waals surface area contributed by atoms with Gasteiger partial charge in [0.1, 0.15) is 0 Å². The number of fused-ring (bicyclic) bond motifs is 1. The van der Waals surface area contributed by atoms with E-state index in [9.17, 15) is 35.8 Å². The highest BCUT2D eigenvalue weighted by atomic mass is 32.2. The fourth-order valence-electron chi connectivity index (χ4n) is 2.37. The quantitative estimate of drug-likeness (QED) is 0.412. The second-order valence-electron chi connectivity index (χ2n) is 4.87. The van der Waals surface area contributed by atoms with Crippen LogP contribution in [0.4, 0.5) is 0 Å². The van der Waals surface area contributed by atoms with Crippen molar-refractivity contribution in [1.29, 1.82) is 0 Å². The summed E-state index contributed by atoms with van der Waals surface area (Å²) in [5.41, 5.74) is -6.78. The fourth-order valence-corrected chi connectivity index (χ4v) is 3.64. The van der Waals surface area contributed by atoms with Crippen molar-refractivity contribution in [3.8, 4) is 5.69 Å². The van der Waals surface area contributed by atoms with E-state index < -0.39 is 56.7 Å². The van der Waals surface area contributed by atoms with Gasteiger partial charge >= 0.3 is 32.0 Å². The molecule has 15 heteroatoms. The van der Waals surface area contributed by atoms with E-state index in [0.29, 0.717) is 4.57 Å². The molecule has 0 amide bonds. The smallest absolute Gasteiger partial charge is 0.290 e. The van der Waals surface area contributed by atoms with Crippen LogP contribution in [0.5, 0.6) is 0 Å². The summed E-state index contributed by atoms with van der Waals surface area (Å²) in [6.07, 6.45) is 0. The van der Waals surface area contributed by atoms with Gasteiger partial charge in [0.25, 0.3) is 5.56 Å². The zero-order chi connectivity index (χ0) is 19.4. The van der Waals surface area contributed by atoms with Crippen molar-refractivity contribution in [2.75, 3.05) is 0 Å². The van der Waals surface area contributed by atoms with Gasteiger partial charge in [0, 0.05) is 0 Å². The molecule has 138 valence electrons. The first-order chi connectivity index (χ1) is 11.9. The Morgan fingerprint density at radius 1 is 0.846 bits per heavy atom. The molecular weight excluding hydrogens is 396 g/mol. The van der Waals surface area contributed by atoms with Crippen LogP contribution in [-0.4, -0.2) is 43.4 Å². The van der Waals surface area contributed by atoms with E-state index in [1.165, 1.54) is 24.3 Å². The number of H-pyrrole nitrogens is 1. The lowest BCUT2D eigenvalue weighted by molar-refractivity contribution is 0.461. The Bertz CT molecular complexity index is 1420. The molecule has 0 aliphatic heterocycles. The molecule has 2 heterocycles. The summed E-state index contributed by atoms with van der Waals surface area (Å²) in [6.45, 7) is 0. The van der Waals surface area contributed by atoms with E-state index in [2.05, 4.69) is 0 Å². The standard InChI is InChI=1S/C11H8N4O9S2/c16-9-7-8(12-10(17)13(7)6-4-2-1-3-5-6)14(25(19,20)21)11(18)15(9)26(22,23)24/h1-5H,(H,12,17)(H,19,20,21)(H,22,23,24). The summed E-state index contributed by atoms with van der Waals surface area (Å²) in [7, 11) is -11.0. The second-order valence-corrected chi connectivity index (χ2v) is 7.39. The summed E-state index contributed by atoms with van der Waals surface area (Å²) in [5.74, 6) is 0. The molecule has 0 saturated carbocycles. The largest absolute Gasteiger partial charge is 0.370 e. The Hall–Kier alpha value is -3.01. The van der Waals surface area contributed by atoms with E-state index in [4.69, 9.17) is 4.55 Å². The van der Waals surface area contributed by atoms with Gasteiger partial charge in [-0.05, 0) is 12.1 Å². The summed E-state index contributed by atoms with van der Waals surface area (Å²) < 4.78 is 63.4. The number of imidazole rings is 1. The zero-order valence-electron chi connectivity index (χ0n) is 12.3. The molecule has 0 bridgehead atoms. The summed E-state index contributed by atoms with van der Waals surface area (Å²) >= 11 is 0. The van der Waals surface area contributed by atoms with Crippen LogP contribution in [0.25, 0.3) is 16.9 Å². The van der Waals surface area contributed by atoms with Gasteiger partial charge in [-0.2, -0.15) is 16.8 Å². The number of hydrogen-bond donors (Lipinski definition) is 3. The van der Waals surface area contributed by atoms with Gasteiger partial charge in [-0.25, -0.2) is 9.59 Å². The molecule has 0 unspecified atom stereocenters. The molecule has 3 N–H and O–H groups in total. The lowest BCUT2D eigenvalue weighted by Gasteiger charge is -2.08. The van der Waals surface area contributed by atoms with Gasteiger partial charge in [-0.1, -0.05) is 18.2 Å². The molecule has 13 nitrogen and oxygen atoms in total. The SMILES string of the molecule is O=c1c2c([nH]c(=O)n2-c2ccccc2)n(S(=O)(=O)O)c(=O)n1S(=O)(=O)O. The third-order valence-corrected chi connectivity index (χ3v) is 4.87. The van der Waals surface area contributed by atoms with Crippen LogP contribution < -0.4 is 16.9 Å². The monoisotopic (exact) mass is 404 g/mol. The number of nitrogens with zero attached hydrogens (tertiary/aromatic N) is 3. The molecular formula is C11H8N4O9S2. The lowest BCUT2D eigenvalue weighted by Crippen LogP contribution is -2.45. The summed E-state index contributed by atoms with van der Waals surface area (Å²) in [4.78, 5) is 38.6. The molecule has 0 radical (unpaired) electrons. The number of rotatable bonds is 3. The van der Waals surface area contributed by atoms with Gasteiger partial charge < -0.3 is 0 Å². The summed E-state index contributed by atoms with van der Waals surface area (Å²) in [5, 5.41) is 0. The van der Waals surface area contributed by atoms with Crippen molar-refractivity contribution in [1.82, 2.24) is 17.5 Å². The molecule has 26 heavy (non-hydrogen) atoms. The van der Waals surface area contributed by atoms with E-state index in [0.717, 1.165) is 0 Å². The van der Waals surface area contributed by atoms with Gasteiger partial charge in [0.05, 0.1) is 5.69 Å². The third kappa shape index (κ3) is 2.58. The minimum Gasteiger partial charge on any atom is -0.290 e. The molecule has 3 rings (SSSR count). The lowest BCUT2D eigenvalue weighted by atomic mass is 10.3. The normalized spacial score (nSPS) is 12.5. The zero-order valence-corrected chi connectivity index (χ0v) is 13.9. The number of nitrogens with one attached hydrogen (secondary N) is 1. The van der Waals surface area contributed by atoms with E-state index in [-0.39, 0.29) is 5.69 Å². The minimum atomic E-state index is -5.56. The fraction of sp³-hybridized carbons (Fsp3) is 0. The number of aromatic nitrogens is 4. The average molecular weight is 404 g/mol. The van der Waals surface area contributed by atoms with E-state index in [1.54, 1.807) is 6.07 Å². The highest BCUT2D eigenvalue weighted by Crippen LogP contribution is 2.12. The second kappa shape index (κ2) is 5.49. The highest BCUT2D eigenvalue weighted by molar-refractivity contribution is 7.85. The molecule has 0 atom stereocenters. The maximum absolute atomic E-state index is 12.4. The van der Waals surface area contributed by atoms with Crippen molar-refractivity contribution in [2.24, 2.45) is 0 Å². The van der Waals surface area contributed by atoms with Gasteiger partial charge in [0.2, 0.25) is 0 Å². The summed E-state index contributed by atoms with van der Waals surface area (Å²) in [6, 6.07) is 7.14. The molecule has 0 fully saturated rings. The van der Waals surface area contributed by atoms with Crippen LogP contribution in [0, 0.1) is 0 Å². The van der Waals surface area contributed by atoms with Crippen LogP contribution in [-0.2, 0) is 20.6 Å². The van der Waals surface area contributed by atoms with Crippen LogP contribution in [0.2, 0.25) is 0 Å². The maximum Gasteiger partial charge on any atom is 0.370 e. The first-order valence-corrected chi connectivity index (χ1v) is 9.28. The number of hydrogen-bond acceptors (Lipinski definition) is 7. The Labute approximate surface area is 143 Å². The molecule has 3 aromatic rings. The van der Waals surface area contributed by atoms with Crippen LogP contribution >= 0.6 is 0 Å². The molecule has 0 spiro atoms. The highest BCUT2D eigenvalue weighted by Gasteiger charge is 2.29. The number of aromatic amines is 1. The molecule has 0 saturated heterocycles. The van der Waals surface area contributed by atoms with Gasteiger partial charge in [-0.15, -0.1) is 7.94 Å². The molecule has 1 aromatic carbocycles. The number of para-hydroxylation sites is 1. The predicted octanol–water partition coefficient (Wildman–Crippen LogP) is -2.06. The Balaban J connectivity index is 2.75. The first kappa shape index (κ1) is 17.8. The van der Waals surface area contributed by atoms with Crippen molar-refractivity contribution in [3.05, 3.63) is 61.7 Å².